The van der Waals surface area contributed by atoms with Crippen LogP contribution in [-0.4, -0.2) is 0 Å². The first-order valence-electron chi connectivity index (χ1n) is 13.2. The molecule has 0 bridgehead atoms. The molecule has 5 aromatic rings. The topological polar surface area (TPSA) is 3.24 Å². The van der Waals surface area contributed by atoms with Crippen LogP contribution in [0.1, 0.15) is 47.6 Å². The maximum atomic E-state index is 7.20. The van der Waals surface area contributed by atoms with E-state index in [4.69, 9.17) is 92.8 Å². The minimum atomic E-state index is -0.654. The van der Waals surface area contributed by atoms with E-state index in [0.717, 1.165) is 22.5 Å². The Kier molecular flexibility index (Phi) is 8.61. The van der Waals surface area contributed by atoms with Crippen molar-refractivity contribution in [3.63, 3.8) is 0 Å². The number of benzene rings is 5. The van der Waals surface area contributed by atoms with E-state index in [-0.39, 0.29) is 5.41 Å². The molecule has 218 valence electrons. The Balaban J connectivity index is 1.61. The van der Waals surface area contributed by atoms with Crippen molar-refractivity contribution in [2.45, 2.75) is 25.2 Å². The summed E-state index contributed by atoms with van der Waals surface area (Å²) in [6.45, 7) is 4.44. The second-order valence-corrected chi connectivity index (χ2v) is 14.1. The lowest BCUT2D eigenvalue weighted by molar-refractivity contribution is 0.632. The van der Waals surface area contributed by atoms with Crippen LogP contribution in [0.15, 0.2) is 84.9 Å². The van der Waals surface area contributed by atoms with Gasteiger partial charge in [0.25, 0.3) is 0 Å². The molecule has 0 unspecified atom stereocenters. The Bertz CT molecular complexity index is 1740. The highest BCUT2D eigenvalue weighted by atomic mass is 35.5. The summed E-state index contributed by atoms with van der Waals surface area (Å²) in [6, 6.07) is 26.7. The van der Waals surface area contributed by atoms with E-state index in [9.17, 15) is 0 Å². The van der Waals surface area contributed by atoms with Gasteiger partial charge in [0, 0.05) is 52.6 Å². The molecule has 5 aromatic carbocycles. The maximum absolute atomic E-state index is 7.20. The summed E-state index contributed by atoms with van der Waals surface area (Å²) in [6.07, 6.45) is 0. The third-order valence-electron chi connectivity index (χ3n) is 7.90. The lowest BCUT2D eigenvalue weighted by Gasteiger charge is -2.42. The molecule has 0 spiro atoms. The predicted molar refractivity (Wildman–Crippen MR) is 187 cm³/mol. The van der Waals surface area contributed by atoms with Crippen LogP contribution in [-0.2, 0) is 5.41 Å². The normalized spacial score (nSPS) is 13.7. The van der Waals surface area contributed by atoms with E-state index in [0.29, 0.717) is 62.6 Å². The van der Waals surface area contributed by atoms with Gasteiger partial charge >= 0.3 is 0 Å². The van der Waals surface area contributed by atoms with Crippen molar-refractivity contribution < 1.29 is 0 Å². The Morgan fingerprint density at radius 2 is 0.884 bits per heavy atom. The molecule has 0 saturated heterocycles. The van der Waals surface area contributed by atoms with Crippen LogP contribution in [0.4, 0.5) is 17.1 Å². The number of hydrogen-bond acceptors (Lipinski definition) is 1. The van der Waals surface area contributed by atoms with Gasteiger partial charge in [-0.05, 0) is 65.2 Å². The van der Waals surface area contributed by atoms with Gasteiger partial charge in [-0.3, -0.25) is 0 Å². The van der Waals surface area contributed by atoms with Gasteiger partial charge in [0.05, 0.1) is 27.1 Å². The van der Waals surface area contributed by atoms with E-state index < -0.39 is 5.92 Å². The number of hydrogen-bond donors (Lipinski definition) is 0. The van der Waals surface area contributed by atoms with Gasteiger partial charge in [-0.25, -0.2) is 0 Å². The third-order valence-corrected chi connectivity index (χ3v) is 10.2. The van der Waals surface area contributed by atoms with Gasteiger partial charge in [0.1, 0.15) is 0 Å². The van der Waals surface area contributed by atoms with Crippen LogP contribution in [0.25, 0.3) is 0 Å². The zero-order chi connectivity index (χ0) is 30.8. The average molecular weight is 727 g/mol. The van der Waals surface area contributed by atoms with Crippen molar-refractivity contribution in [1.82, 2.24) is 0 Å². The molecule has 0 amide bonds. The largest absolute Gasteiger partial charge is 0.307 e. The molecule has 0 saturated carbocycles. The Labute approximate surface area is 290 Å². The molecule has 0 atom stereocenters. The maximum Gasteiger partial charge on any atom is 0.0835 e. The second kappa shape index (κ2) is 11.9. The number of halogens is 8. The standard InChI is InChI=1S/C34H21Cl8N/c1-34(2)20-7-3-5-9-28(20)43(29-10-6-4-8-21(29)34)33-26(41)11-17(12-27(33)42)30(31-22(37)13-18(35)14-23(31)38)32-24(39)15-19(36)16-25(32)40/h3-16,30H,1-2H3. The lowest BCUT2D eigenvalue weighted by Crippen LogP contribution is -2.30. The van der Waals surface area contributed by atoms with Gasteiger partial charge in [-0.2, -0.15) is 0 Å². The van der Waals surface area contributed by atoms with Crippen molar-refractivity contribution in [3.05, 3.63) is 153 Å². The predicted octanol–water partition coefficient (Wildman–Crippen LogP) is 14.2. The first kappa shape index (κ1) is 31.2. The summed E-state index contributed by atoms with van der Waals surface area (Å²) in [7, 11) is 0. The van der Waals surface area contributed by atoms with Gasteiger partial charge in [0.15, 0.2) is 0 Å². The minimum absolute atomic E-state index is 0.238. The second-order valence-electron chi connectivity index (χ2n) is 10.8. The summed E-state index contributed by atoms with van der Waals surface area (Å²) in [5.74, 6) is -0.654. The molecule has 0 aliphatic carbocycles. The van der Waals surface area contributed by atoms with E-state index in [1.165, 1.54) is 0 Å². The van der Waals surface area contributed by atoms with Gasteiger partial charge in [-0.15, -0.1) is 0 Å². The summed E-state index contributed by atoms with van der Waals surface area (Å²) in [5.41, 5.74) is 6.47. The molecular weight excluding hydrogens is 706 g/mol. The molecule has 6 rings (SSSR count). The fraction of sp³-hybridized carbons (Fsp3) is 0.118. The first-order chi connectivity index (χ1) is 20.4. The minimum Gasteiger partial charge on any atom is -0.307 e. The summed E-state index contributed by atoms with van der Waals surface area (Å²) in [4.78, 5) is 2.11. The monoisotopic (exact) mass is 723 g/mol. The van der Waals surface area contributed by atoms with Crippen LogP contribution in [0, 0.1) is 0 Å². The van der Waals surface area contributed by atoms with Crippen LogP contribution in [0.2, 0.25) is 40.2 Å². The highest BCUT2D eigenvalue weighted by Gasteiger charge is 2.38. The number of para-hydroxylation sites is 2. The quantitative estimate of drug-likeness (QED) is 0.167. The van der Waals surface area contributed by atoms with Crippen LogP contribution in [0.3, 0.4) is 0 Å². The summed E-state index contributed by atoms with van der Waals surface area (Å²) < 4.78 is 0. The van der Waals surface area contributed by atoms with Crippen LogP contribution in [0.5, 0.6) is 0 Å². The molecule has 1 aliphatic heterocycles. The van der Waals surface area contributed by atoms with Crippen LogP contribution < -0.4 is 4.90 Å². The van der Waals surface area contributed by atoms with Crippen molar-refractivity contribution in [2.75, 3.05) is 4.90 Å². The molecule has 0 N–H and O–H groups in total. The van der Waals surface area contributed by atoms with E-state index in [2.05, 4.69) is 43.0 Å². The summed E-state index contributed by atoms with van der Waals surface area (Å²) in [5, 5.41) is 2.96. The molecule has 1 nitrogen and oxygen atoms in total. The van der Waals surface area contributed by atoms with Crippen molar-refractivity contribution in [3.8, 4) is 0 Å². The highest BCUT2D eigenvalue weighted by Crippen LogP contribution is 2.55. The molecular formula is C34H21Cl8N. The van der Waals surface area contributed by atoms with Crippen molar-refractivity contribution >= 4 is 110 Å². The lowest BCUT2D eigenvalue weighted by atomic mass is 9.73. The Hall–Kier alpha value is -1.78. The fourth-order valence-electron chi connectivity index (χ4n) is 6.01. The number of nitrogens with zero attached hydrogens (tertiary/aromatic N) is 1. The third kappa shape index (κ3) is 5.41. The molecule has 0 aromatic heterocycles. The zero-order valence-corrected chi connectivity index (χ0v) is 28.7. The van der Waals surface area contributed by atoms with Gasteiger partial charge < -0.3 is 4.90 Å². The van der Waals surface area contributed by atoms with Gasteiger partial charge in [-0.1, -0.05) is 143 Å². The molecule has 0 fully saturated rings. The number of fused-ring (bicyclic) bond motifs is 2. The smallest absolute Gasteiger partial charge is 0.0835 e. The fourth-order valence-corrected chi connectivity index (χ4v) is 8.75. The van der Waals surface area contributed by atoms with Crippen molar-refractivity contribution in [2.24, 2.45) is 0 Å². The van der Waals surface area contributed by atoms with Crippen LogP contribution >= 0.6 is 92.8 Å². The highest BCUT2D eigenvalue weighted by molar-refractivity contribution is 6.42. The van der Waals surface area contributed by atoms with E-state index in [1.54, 1.807) is 24.3 Å². The SMILES string of the molecule is CC1(C)c2ccccc2N(c2c(Cl)cc(C(c3c(Cl)cc(Cl)cc3Cl)c3c(Cl)cc(Cl)cc3Cl)cc2Cl)c2ccccc21. The Morgan fingerprint density at radius 1 is 0.512 bits per heavy atom. The van der Waals surface area contributed by atoms with E-state index in [1.807, 2.05) is 36.4 Å². The molecule has 1 heterocycles. The van der Waals surface area contributed by atoms with Crippen molar-refractivity contribution in [1.29, 1.82) is 0 Å². The first-order valence-corrected chi connectivity index (χ1v) is 16.2. The number of rotatable bonds is 4. The number of anilines is 3. The van der Waals surface area contributed by atoms with E-state index >= 15 is 0 Å². The molecule has 43 heavy (non-hydrogen) atoms. The molecule has 0 radical (unpaired) electrons. The Morgan fingerprint density at radius 3 is 1.28 bits per heavy atom. The zero-order valence-electron chi connectivity index (χ0n) is 22.6. The average Bonchev–Trinajstić information content (AvgIpc) is 2.92. The summed E-state index contributed by atoms with van der Waals surface area (Å²) >= 11 is 54.1. The van der Waals surface area contributed by atoms with Gasteiger partial charge in [0.2, 0.25) is 0 Å². The molecule has 1 aliphatic rings. The molecule has 9 heteroatoms.